The lowest BCUT2D eigenvalue weighted by Gasteiger charge is -2.14. The summed E-state index contributed by atoms with van der Waals surface area (Å²) in [5.41, 5.74) is 6.08. The SMILES string of the molecule is COc1ccc(/N=N/c2cc(OCCOC(C)=O)c(N)cc2OCCOC(C)=O)c(S(=O)(=O)O)c1. The van der Waals surface area contributed by atoms with E-state index in [0.29, 0.717) is 0 Å². The maximum Gasteiger partial charge on any atom is 0.302 e. The van der Waals surface area contributed by atoms with Gasteiger partial charge in [-0.15, -0.1) is 10.2 Å². The lowest BCUT2D eigenvalue weighted by molar-refractivity contribution is -0.142. The summed E-state index contributed by atoms with van der Waals surface area (Å²) in [4.78, 5) is 21.3. The smallest absolute Gasteiger partial charge is 0.302 e. The number of hydrogen-bond acceptors (Lipinski definition) is 12. The summed E-state index contributed by atoms with van der Waals surface area (Å²) in [6.07, 6.45) is 0. The Morgan fingerprint density at radius 1 is 0.886 bits per heavy atom. The lowest BCUT2D eigenvalue weighted by atomic mass is 10.2. The number of benzene rings is 2. The van der Waals surface area contributed by atoms with E-state index in [-0.39, 0.29) is 60.7 Å². The molecule has 3 N–H and O–H groups in total. The Morgan fingerprint density at radius 2 is 1.46 bits per heavy atom. The number of carbonyl (C=O) groups is 2. The highest BCUT2D eigenvalue weighted by molar-refractivity contribution is 7.86. The third-order valence-corrected chi connectivity index (χ3v) is 4.98. The molecule has 0 aromatic heterocycles. The highest BCUT2D eigenvalue weighted by Gasteiger charge is 2.18. The monoisotopic (exact) mass is 511 g/mol. The summed E-state index contributed by atoms with van der Waals surface area (Å²) in [6.45, 7) is 2.41. The topological polar surface area (TPSA) is 185 Å². The maximum atomic E-state index is 11.8. The molecule has 0 fully saturated rings. The zero-order chi connectivity index (χ0) is 26.0. The zero-order valence-electron chi connectivity index (χ0n) is 19.2. The molecule has 35 heavy (non-hydrogen) atoms. The summed E-state index contributed by atoms with van der Waals surface area (Å²) in [5, 5.41) is 7.96. The molecule has 0 bridgehead atoms. The fourth-order valence-corrected chi connectivity index (χ4v) is 3.21. The first-order valence-electron chi connectivity index (χ1n) is 10.0. The van der Waals surface area contributed by atoms with Gasteiger partial charge in [0.1, 0.15) is 59.9 Å². The van der Waals surface area contributed by atoms with Crippen molar-refractivity contribution >= 4 is 39.1 Å². The van der Waals surface area contributed by atoms with Crippen molar-refractivity contribution in [2.24, 2.45) is 10.2 Å². The number of hydrogen-bond donors (Lipinski definition) is 2. The van der Waals surface area contributed by atoms with Gasteiger partial charge in [-0.25, -0.2) is 0 Å². The average Bonchev–Trinajstić information content (AvgIpc) is 2.78. The van der Waals surface area contributed by atoms with Gasteiger partial charge in [-0.3, -0.25) is 14.1 Å². The summed E-state index contributed by atoms with van der Waals surface area (Å²) in [7, 11) is -3.31. The van der Waals surface area contributed by atoms with E-state index in [1.165, 1.54) is 45.2 Å². The normalized spacial score (nSPS) is 11.2. The third kappa shape index (κ3) is 8.75. The van der Waals surface area contributed by atoms with Crippen molar-refractivity contribution in [3.63, 3.8) is 0 Å². The molecule has 0 saturated carbocycles. The quantitative estimate of drug-likeness (QED) is 0.140. The molecule has 0 unspecified atom stereocenters. The summed E-state index contributed by atoms with van der Waals surface area (Å²) in [6, 6.07) is 6.59. The Morgan fingerprint density at radius 3 is 2.00 bits per heavy atom. The van der Waals surface area contributed by atoms with Crippen LogP contribution < -0.4 is 19.9 Å². The summed E-state index contributed by atoms with van der Waals surface area (Å²) in [5.74, 6) is -0.471. The second-order valence-electron chi connectivity index (χ2n) is 6.74. The number of azo groups is 1. The zero-order valence-corrected chi connectivity index (χ0v) is 20.0. The minimum atomic E-state index is -4.64. The first kappa shape index (κ1) is 27.3. The number of ether oxygens (including phenoxy) is 5. The molecular weight excluding hydrogens is 486 g/mol. The molecule has 2 aromatic carbocycles. The van der Waals surface area contributed by atoms with Crippen LogP contribution >= 0.6 is 0 Å². The number of nitrogens with zero attached hydrogens (tertiary/aromatic N) is 2. The van der Waals surface area contributed by atoms with Gasteiger partial charge in [-0.2, -0.15) is 8.42 Å². The molecule has 14 heteroatoms. The fourth-order valence-electron chi connectivity index (χ4n) is 2.58. The van der Waals surface area contributed by atoms with E-state index in [4.69, 9.17) is 29.4 Å². The Bertz CT molecular complexity index is 1200. The summed E-state index contributed by atoms with van der Waals surface area (Å²) >= 11 is 0. The minimum Gasteiger partial charge on any atom is -0.497 e. The molecule has 0 aliphatic rings. The van der Waals surface area contributed by atoms with E-state index >= 15 is 0 Å². The third-order valence-electron chi connectivity index (χ3n) is 4.09. The predicted octanol–water partition coefficient (Wildman–Crippen LogP) is 2.82. The highest BCUT2D eigenvalue weighted by Crippen LogP contribution is 2.38. The molecule has 0 aliphatic heterocycles. The number of nitrogens with two attached hydrogens (primary N) is 1. The van der Waals surface area contributed by atoms with Crippen LogP contribution in [0.5, 0.6) is 17.2 Å². The van der Waals surface area contributed by atoms with Crippen LogP contribution in [0.1, 0.15) is 13.8 Å². The molecule has 13 nitrogen and oxygen atoms in total. The van der Waals surface area contributed by atoms with Crippen molar-refractivity contribution in [2.75, 3.05) is 39.3 Å². The van der Waals surface area contributed by atoms with E-state index in [2.05, 4.69) is 10.2 Å². The highest BCUT2D eigenvalue weighted by atomic mass is 32.2. The number of methoxy groups -OCH3 is 1. The van der Waals surface area contributed by atoms with Gasteiger partial charge in [0.15, 0.2) is 0 Å². The van der Waals surface area contributed by atoms with Crippen LogP contribution in [0.25, 0.3) is 0 Å². The predicted molar refractivity (Wildman–Crippen MR) is 122 cm³/mol. The molecule has 0 amide bonds. The van der Waals surface area contributed by atoms with Crippen molar-refractivity contribution in [1.82, 2.24) is 0 Å². The van der Waals surface area contributed by atoms with E-state index < -0.39 is 27.0 Å². The van der Waals surface area contributed by atoms with Gasteiger partial charge in [0, 0.05) is 32.0 Å². The van der Waals surface area contributed by atoms with Crippen LogP contribution in [0, 0.1) is 0 Å². The minimum absolute atomic E-state index is 0.00159. The molecule has 0 heterocycles. The van der Waals surface area contributed by atoms with Gasteiger partial charge in [0.2, 0.25) is 0 Å². The van der Waals surface area contributed by atoms with E-state index in [0.717, 1.165) is 6.07 Å². The Hall–Kier alpha value is -3.91. The van der Waals surface area contributed by atoms with Crippen LogP contribution in [0.4, 0.5) is 17.1 Å². The molecule has 2 rings (SSSR count). The molecule has 0 aliphatic carbocycles. The number of nitrogen functional groups attached to an aromatic ring is 1. The van der Waals surface area contributed by atoms with Crippen LogP contribution in [0.2, 0.25) is 0 Å². The van der Waals surface area contributed by atoms with Gasteiger partial charge in [-0.1, -0.05) is 0 Å². The number of rotatable bonds is 12. The molecule has 0 saturated heterocycles. The van der Waals surface area contributed by atoms with Gasteiger partial charge in [0.25, 0.3) is 10.1 Å². The van der Waals surface area contributed by atoms with Gasteiger partial charge >= 0.3 is 11.9 Å². The number of carbonyl (C=O) groups excluding carboxylic acids is 2. The van der Waals surface area contributed by atoms with Crippen LogP contribution in [-0.2, 0) is 29.2 Å². The molecule has 0 atom stereocenters. The van der Waals surface area contributed by atoms with Crippen molar-refractivity contribution in [1.29, 1.82) is 0 Å². The Labute approximate surface area is 201 Å². The maximum absolute atomic E-state index is 11.8. The first-order valence-corrected chi connectivity index (χ1v) is 11.5. The molecule has 0 radical (unpaired) electrons. The lowest BCUT2D eigenvalue weighted by Crippen LogP contribution is -2.11. The standard InChI is InChI=1S/C21H25N3O10S/c1-13(25)31-6-8-33-19-12-18(20(11-16(19)22)34-9-7-32-14(2)26)24-23-17-5-4-15(30-3)10-21(17)35(27,28)29/h4-5,10-12H,6-9,22H2,1-3H3,(H,27,28,29)/b24-23+. The van der Waals surface area contributed by atoms with Gasteiger partial charge in [-0.05, 0) is 12.1 Å². The van der Waals surface area contributed by atoms with Gasteiger partial charge < -0.3 is 29.4 Å². The average molecular weight is 512 g/mol. The molecule has 0 spiro atoms. The second kappa shape index (κ2) is 12.5. The van der Waals surface area contributed by atoms with E-state index in [1.807, 2.05) is 0 Å². The van der Waals surface area contributed by atoms with E-state index in [9.17, 15) is 22.6 Å². The Kier molecular flexibility index (Phi) is 9.78. The first-order chi connectivity index (χ1) is 16.5. The second-order valence-corrected chi connectivity index (χ2v) is 8.13. The molecular formula is C21H25N3O10S. The van der Waals surface area contributed by atoms with Crippen LogP contribution in [-0.4, -0.2) is 58.4 Å². The van der Waals surface area contributed by atoms with Gasteiger partial charge in [0.05, 0.1) is 12.8 Å². The fraction of sp³-hybridized carbons (Fsp3) is 0.333. The molecule has 190 valence electrons. The van der Waals surface area contributed by atoms with E-state index in [1.54, 1.807) is 0 Å². The van der Waals surface area contributed by atoms with Crippen molar-refractivity contribution in [3.8, 4) is 17.2 Å². The molecule has 2 aromatic rings. The number of anilines is 1. The van der Waals surface area contributed by atoms with Crippen molar-refractivity contribution < 1.29 is 46.2 Å². The van der Waals surface area contributed by atoms with Crippen LogP contribution in [0.3, 0.4) is 0 Å². The summed E-state index contributed by atoms with van der Waals surface area (Å²) < 4.78 is 58.8. The van der Waals surface area contributed by atoms with Crippen LogP contribution in [0.15, 0.2) is 45.5 Å². The number of esters is 2. The van der Waals surface area contributed by atoms with Crippen molar-refractivity contribution in [2.45, 2.75) is 18.7 Å². The van der Waals surface area contributed by atoms with Crippen molar-refractivity contribution in [3.05, 3.63) is 30.3 Å². The Balaban J connectivity index is 2.38. The largest absolute Gasteiger partial charge is 0.497 e.